The predicted octanol–water partition coefficient (Wildman–Crippen LogP) is 4.54. The molecule has 3 rings (SSSR count). The molecule has 0 spiro atoms. The van der Waals surface area contributed by atoms with E-state index in [1.54, 1.807) is 31.4 Å². The van der Waals surface area contributed by atoms with E-state index >= 15 is 0 Å². The SMILES string of the molecule is COc1ccc(C)cc1COC(=O)c1ccccc1NC(=O)Cc1ccccc1. The highest BCUT2D eigenvalue weighted by Gasteiger charge is 2.16. The quantitative estimate of drug-likeness (QED) is 0.603. The van der Waals surface area contributed by atoms with Gasteiger partial charge in [-0.2, -0.15) is 0 Å². The molecule has 0 atom stereocenters. The molecule has 0 saturated carbocycles. The number of carbonyl (C=O) groups is 2. The number of para-hydroxylation sites is 1. The molecule has 1 N–H and O–H groups in total. The number of esters is 1. The number of aryl methyl sites for hydroxylation is 1. The van der Waals surface area contributed by atoms with Crippen LogP contribution >= 0.6 is 0 Å². The summed E-state index contributed by atoms with van der Waals surface area (Å²) in [6, 6.07) is 21.9. The van der Waals surface area contributed by atoms with Gasteiger partial charge in [-0.15, -0.1) is 0 Å². The number of hydrogen-bond acceptors (Lipinski definition) is 4. The van der Waals surface area contributed by atoms with Gasteiger partial charge in [0.25, 0.3) is 0 Å². The van der Waals surface area contributed by atoms with Crippen LogP contribution in [0.15, 0.2) is 72.8 Å². The fourth-order valence-corrected chi connectivity index (χ4v) is 2.99. The molecule has 5 heteroatoms. The Morgan fingerprint density at radius 1 is 0.931 bits per heavy atom. The molecule has 3 aromatic carbocycles. The van der Waals surface area contributed by atoms with E-state index in [-0.39, 0.29) is 18.9 Å². The lowest BCUT2D eigenvalue weighted by Gasteiger charge is -2.13. The van der Waals surface area contributed by atoms with Crippen molar-refractivity contribution in [2.24, 2.45) is 0 Å². The maximum atomic E-state index is 12.6. The molecular formula is C24H23NO4. The molecule has 0 aliphatic rings. The average molecular weight is 389 g/mol. The van der Waals surface area contributed by atoms with Crippen LogP contribution in [0.1, 0.15) is 27.0 Å². The van der Waals surface area contributed by atoms with Crippen LogP contribution in [0.2, 0.25) is 0 Å². The van der Waals surface area contributed by atoms with Crippen molar-refractivity contribution < 1.29 is 19.1 Å². The van der Waals surface area contributed by atoms with E-state index in [1.165, 1.54) is 0 Å². The number of methoxy groups -OCH3 is 1. The Morgan fingerprint density at radius 2 is 1.66 bits per heavy atom. The molecule has 148 valence electrons. The van der Waals surface area contributed by atoms with Crippen LogP contribution in [0, 0.1) is 6.92 Å². The van der Waals surface area contributed by atoms with Gasteiger partial charge in [-0.1, -0.05) is 54.1 Å². The monoisotopic (exact) mass is 389 g/mol. The fraction of sp³-hybridized carbons (Fsp3) is 0.167. The maximum absolute atomic E-state index is 12.6. The van der Waals surface area contributed by atoms with E-state index in [1.807, 2.05) is 55.5 Å². The highest BCUT2D eigenvalue weighted by molar-refractivity contribution is 6.01. The number of anilines is 1. The van der Waals surface area contributed by atoms with Crippen molar-refractivity contribution in [2.45, 2.75) is 20.0 Å². The second kappa shape index (κ2) is 9.55. The van der Waals surface area contributed by atoms with Gasteiger partial charge >= 0.3 is 5.97 Å². The Balaban J connectivity index is 1.69. The van der Waals surface area contributed by atoms with E-state index in [4.69, 9.17) is 9.47 Å². The summed E-state index contributed by atoms with van der Waals surface area (Å²) in [5.41, 5.74) is 3.46. The molecule has 0 radical (unpaired) electrons. The highest BCUT2D eigenvalue weighted by Crippen LogP contribution is 2.22. The number of nitrogens with one attached hydrogen (secondary N) is 1. The van der Waals surface area contributed by atoms with Crippen LogP contribution in [0.5, 0.6) is 5.75 Å². The van der Waals surface area contributed by atoms with Crippen molar-refractivity contribution in [3.63, 3.8) is 0 Å². The highest BCUT2D eigenvalue weighted by atomic mass is 16.5. The van der Waals surface area contributed by atoms with Gasteiger partial charge in [0, 0.05) is 5.56 Å². The van der Waals surface area contributed by atoms with Gasteiger partial charge in [-0.3, -0.25) is 4.79 Å². The molecule has 3 aromatic rings. The normalized spacial score (nSPS) is 10.3. The number of hydrogen-bond donors (Lipinski definition) is 1. The van der Waals surface area contributed by atoms with E-state index in [0.29, 0.717) is 17.0 Å². The van der Waals surface area contributed by atoms with Crippen LogP contribution in [-0.4, -0.2) is 19.0 Å². The molecule has 0 saturated heterocycles. The van der Waals surface area contributed by atoms with Gasteiger partial charge in [0.15, 0.2) is 0 Å². The van der Waals surface area contributed by atoms with Crippen molar-refractivity contribution in [1.29, 1.82) is 0 Å². The van der Waals surface area contributed by atoms with Gasteiger partial charge in [-0.25, -0.2) is 4.79 Å². The minimum atomic E-state index is -0.510. The third kappa shape index (κ3) is 5.45. The van der Waals surface area contributed by atoms with Gasteiger partial charge in [0.05, 0.1) is 24.8 Å². The van der Waals surface area contributed by atoms with Gasteiger partial charge in [0.1, 0.15) is 12.4 Å². The lowest BCUT2D eigenvalue weighted by Crippen LogP contribution is -2.17. The Kier molecular flexibility index (Phi) is 6.63. The first-order chi connectivity index (χ1) is 14.1. The van der Waals surface area contributed by atoms with Gasteiger partial charge < -0.3 is 14.8 Å². The van der Waals surface area contributed by atoms with Crippen molar-refractivity contribution in [1.82, 2.24) is 0 Å². The third-order valence-electron chi connectivity index (χ3n) is 4.42. The van der Waals surface area contributed by atoms with Gasteiger partial charge in [-0.05, 0) is 36.8 Å². The lowest BCUT2D eigenvalue weighted by atomic mass is 10.1. The van der Waals surface area contributed by atoms with Crippen LogP contribution in [0.4, 0.5) is 5.69 Å². The summed E-state index contributed by atoms with van der Waals surface area (Å²) in [6.45, 7) is 2.04. The maximum Gasteiger partial charge on any atom is 0.340 e. The summed E-state index contributed by atoms with van der Waals surface area (Å²) < 4.78 is 10.8. The number of carbonyl (C=O) groups excluding carboxylic acids is 2. The zero-order chi connectivity index (χ0) is 20.6. The minimum absolute atomic E-state index is 0.0793. The van der Waals surface area contributed by atoms with Crippen molar-refractivity contribution in [3.05, 3.63) is 95.1 Å². The number of ether oxygens (including phenoxy) is 2. The average Bonchev–Trinajstić information content (AvgIpc) is 2.73. The van der Waals surface area contributed by atoms with Crippen LogP contribution in [0.25, 0.3) is 0 Å². The smallest absolute Gasteiger partial charge is 0.340 e. The first kappa shape index (κ1) is 20.1. The Bertz CT molecular complexity index is 999. The Morgan fingerprint density at radius 3 is 2.41 bits per heavy atom. The molecule has 0 aromatic heterocycles. The van der Waals surface area contributed by atoms with Crippen LogP contribution in [0.3, 0.4) is 0 Å². The van der Waals surface area contributed by atoms with E-state index < -0.39 is 5.97 Å². The van der Waals surface area contributed by atoms with Crippen molar-refractivity contribution in [2.75, 3.05) is 12.4 Å². The third-order valence-corrected chi connectivity index (χ3v) is 4.42. The second-order valence-corrected chi connectivity index (χ2v) is 6.65. The summed E-state index contributed by atoms with van der Waals surface area (Å²) in [5, 5.41) is 2.81. The fourth-order valence-electron chi connectivity index (χ4n) is 2.99. The van der Waals surface area contributed by atoms with E-state index in [0.717, 1.165) is 16.7 Å². The van der Waals surface area contributed by atoms with E-state index in [9.17, 15) is 9.59 Å². The molecule has 0 fully saturated rings. The minimum Gasteiger partial charge on any atom is -0.496 e. The van der Waals surface area contributed by atoms with Crippen molar-refractivity contribution in [3.8, 4) is 5.75 Å². The number of benzene rings is 3. The molecule has 0 aliphatic heterocycles. The predicted molar refractivity (Wildman–Crippen MR) is 112 cm³/mol. The summed E-state index contributed by atoms with van der Waals surface area (Å²) in [5.74, 6) is -0.0474. The van der Waals surface area contributed by atoms with E-state index in [2.05, 4.69) is 5.32 Å². The first-order valence-electron chi connectivity index (χ1n) is 9.30. The zero-order valence-corrected chi connectivity index (χ0v) is 16.5. The Labute approximate surface area is 170 Å². The van der Waals surface area contributed by atoms with Gasteiger partial charge in [0.2, 0.25) is 5.91 Å². The molecule has 1 amide bonds. The van der Waals surface area contributed by atoms with Crippen LogP contribution in [-0.2, 0) is 22.6 Å². The van der Waals surface area contributed by atoms with Crippen LogP contribution < -0.4 is 10.1 Å². The van der Waals surface area contributed by atoms with Crippen molar-refractivity contribution >= 4 is 17.6 Å². The molecular weight excluding hydrogens is 366 g/mol. The summed E-state index contributed by atoms with van der Waals surface area (Å²) >= 11 is 0. The second-order valence-electron chi connectivity index (χ2n) is 6.65. The molecule has 5 nitrogen and oxygen atoms in total. The summed E-state index contributed by atoms with van der Waals surface area (Å²) in [4.78, 5) is 25.0. The number of rotatable bonds is 7. The molecule has 29 heavy (non-hydrogen) atoms. The zero-order valence-electron chi connectivity index (χ0n) is 16.5. The molecule has 0 bridgehead atoms. The first-order valence-corrected chi connectivity index (χ1v) is 9.30. The summed E-state index contributed by atoms with van der Waals surface area (Å²) in [6.07, 6.45) is 0.227. The topological polar surface area (TPSA) is 64.6 Å². The molecule has 0 aliphatic carbocycles. The Hall–Kier alpha value is -3.60. The lowest BCUT2D eigenvalue weighted by molar-refractivity contribution is -0.115. The number of amides is 1. The summed E-state index contributed by atoms with van der Waals surface area (Å²) in [7, 11) is 1.58. The standard InChI is InChI=1S/C24H23NO4/c1-17-12-13-22(28-2)19(14-17)16-29-24(27)20-10-6-7-11-21(20)25-23(26)15-18-8-4-3-5-9-18/h3-14H,15-16H2,1-2H3,(H,25,26). The molecule has 0 heterocycles. The molecule has 0 unspecified atom stereocenters. The largest absolute Gasteiger partial charge is 0.496 e.